The number of ether oxygens (including phenoxy) is 1. The predicted octanol–water partition coefficient (Wildman–Crippen LogP) is 3.78. The quantitative estimate of drug-likeness (QED) is 0.934. The number of halogens is 3. The molecule has 0 aliphatic heterocycles. The van der Waals surface area contributed by atoms with Gasteiger partial charge in [-0.1, -0.05) is 19.1 Å². The molecular weight excluding hydrogens is 281 g/mol. The molecule has 2 N–H and O–H groups in total. The highest BCUT2D eigenvalue weighted by Gasteiger charge is 2.31. The molecule has 2 atom stereocenters. The molecule has 0 fully saturated rings. The average Bonchev–Trinajstić information content (AvgIpc) is 2.46. The van der Waals surface area contributed by atoms with E-state index in [0.29, 0.717) is 0 Å². The Morgan fingerprint density at radius 3 is 2.10 bits per heavy atom. The topological polar surface area (TPSA) is 48.1 Å². The van der Waals surface area contributed by atoms with Crippen LogP contribution in [0.4, 0.5) is 13.2 Å². The monoisotopic (exact) mass is 296 g/mol. The van der Waals surface area contributed by atoms with Gasteiger partial charge in [-0.15, -0.1) is 13.2 Å². The lowest BCUT2D eigenvalue weighted by molar-refractivity contribution is -0.274. The van der Waals surface area contributed by atoms with Crippen molar-refractivity contribution in [3.63, 3.8) is 0 Å². The second kappa shape index (κ2) is 6.13. The molecule has 2 rings (SSSR count). The molecule has 2 unspecified atom stereocenters. The third-order valence-corrected chi connectivity index (χ3v) is 3.27. The van der Waals surface area contributed by atoms with Crippen LogP contribution in [0.15, 0.2) is 48.8 Å². The van der Waals surface area contributed by atoms with Crippen LogP contribution < -0.4 is 10.5 Å². The molecule has 1 aromatic heterocycles. The first kappa shape index (κ1) is 15.3. The molecule has 0 aliphatic carbocycles. The van der Waals surface area contributed by atoms with Crippen molar-refractivity contribution in [3.8, 4) is 5.75 Å². The standard InChI is InChI=1S/C15H15F3N2O/c1-10(11-6-8-20-9-7-11)14(19)12-2-4-13(5-3-12)21-15(16,17)18/h2-10,14H,19H2,1H3. The zero-order chi connectivity index (χ0) is 15.5. The van der Waals surface area contributed by atoms with Crippen molar-refractivity contribution in [1.82, 2.24) is 4.98 Å². The number of rotatable bonds is 4. The van der Waals surface area contributed by atoms with Crippen molar-refractivity contribution >= 4 is 0 Å². The van der Waals surface area contributed by atoms with Gasteiger partial charge in [0, 0.05) is 24.4 Å². The summed E-state index contributed by atoms with van der Waals surface area (Å²) in [7, 11) is 0. The number of pyridine rings is 1. The minimum absolute atomic E-state index is 0.0161. The maximum atomic E-state index is 12.1. The second-order valence-electron chi connectivity index (χ2n) is 4.71. The van der Waals surface area contributed by atoms with Crippen molar-refractivity contribution in [3.05, 3.63) is 59.9 Å². The summed E-state index contributed by atoms with van der Waals surface area (Å²) in [5, 5.41) is 0. The molecule has 21 heavy (non-hydrogen) atoms. The van der Waals surface area contributed by atoms with Gasteiger partial charge in [0.05, 0.1) is 0 Å². The fourth-order valence-corrected chi connectivity index (χ4v) is 2.05. The summed E-state index contributed by atoms with van der Waals surface area (Å²) in [5.41, 5.74) is 7.93. The Kier molecular flexibility index (Phi) is 4.47. The molecule has 0 radical (unpaired) electrons. The smallest absolute Gasteiger partial charge is 0.406 e. The summed E-state index contributed by atoms with van der Waals surface area (Å²) < 4.78 is 40.1. The largest absolute Gasteiger partial charge is 0.573 e. The molecule has 0 saturated carbocycles. The normalized spacial score (nSPS) is 14.5. The van der Waals surface area contributed by atoms with Gasteiger partial charge in [0.2, 0.25) is 0 Å². The van der Waals surface area contributed by atoms with E-state index in [1.165, 1.54) is 12.1 Å². The van der Waals surface area contributed by atoms with Gasteiger partial charge in [0.1, 0.15) is 5.75 Å². The van der Waals surface area contributed by atoms with E-state index in [0.717, 1.165) is 11.1 Å². The lowest BCUT2D eigenvalue weighted by Crippen LogP contribution is -2.19. The molecule has 0 aliphatic rings. The van der Waals surface area contributed by atoms with E-state index in [1.54, 1.807) is 24.5 Å². The summed E-state index contributed by atoms with van der Waals surface area (Å²) in [6.07, 6.45) is -1.33. The highest BCUT2D eigenvalue weighted by molar-refractivity contribution is 5.31. The molecule has 0 bridgehead atoms. The van der Waals surface area contributed by atoms with Gasteiger partial charge in [-0.25, -0.2) is 0 Å². The molecule has 0 spiro atoms. The van der Waals surface area contributed by atoms with Gasteiger partial charge >= 0.3 is 6.36 Å². The number of nitrogens with two attached hydrogens (primary N) is 1. The van der Waals surface area contributed by atoms with E-state index < -0.39 is 6.36 Å². The number of hydrogen-bond donors (Lipinski definition) is 1. The first-order chi connectivity index (χ1) is 9.87. The second-order valence-corrected chi connectivity index (χ2v) is 4.71. The van der Waals surface area contributed by atoms with Gasteiger partial charge in [-0.3, -0.25) is 4.98 Å². The molecule has 1 aromatic carbocycles. The van der Waals surface area contributed by atoms with Crippen LogP contribution in [0, 0.1) is 0 Å². The Labute approximate surface area is 120 Å². The number of hydrogen-bond acceptors (Lipinski definition) is 3. The molecule has 1 heterocycles. The van der Waals surface area contributed by atoms with Gasteiger partial charge in [-0.05, 0) is 35.4 Å². The van der Waals surface area contributed by atoms with Crippen molar-refractivity contribution in [2.24, 2.45) is 5.73 Å². The summed E-state index contributed by atoms with van der Waals surface area (Å²) in [4.78, 5) is 3.94. The summed E-state index contributed by atoms with van der Waals surface area (Å²) >= 11 is 0. The van der Waals surface area contributed by atoms with Crippen LogP contribution in [0.2, 0.25) is 0 Å². The Hall–Kier alpha value is -2.08. The van der Waals surface area contributed by atoms with Gasteiger partial charge in [-0.2, -0.15) is 0 Å². The maximum absolute atomic E-state index is 12.1. The van der Waals surface area contributed by atoms with Crippen LogP contribution >= 0.6 is 0 Å². The molecule has 0 saturated heterocycles. The fourth-order valence-electron chi connectivity index (χ4n) is 2.05. The van der Waals surface area contributed by atoms with Crippen LogP contribution in [0.25, 0.3) is 0 Å². The zero-order valence-corrected chi connectivity index (χ0v) is 11.3. The van der Waals surface area contributed by atoms with E-state index in [2.05, 4.69) is 9.72 Å². The van der Waals surface area contributed by atoms with Gasteiger partial charge < -0.3 is 10.5 Å². The number of alkyl halides is 3. The molecule has 2 aromatic rings. The van der Waals surface area contributed by atoms with Crippen LogP contribution in [-0.2, 0) is 0 Å². The molecular formula is C15H15F3N2O. The molecule has 112 valence electrons. The number of benzene rings is 1. The Morgan fingerprint density at radius 1 is 1.00 bits per heavy atom. The van der Waals surface area contributed by atoms with Crippen molar-refractivity contribution in [2.75, 3.05) is 0 Å². The van der Waals surface area contributed by atoms with Crippen LogP contribution in [-0.4, -0.2) is 11.3 Å². The van der Waals surface area contributed by atoms with Crippen LogP contribution in [0.3, 0.4) is 0 Å². The van der Waals surface area contributed by atoms with E-state index in [-0.39, 0.29) is 17.7 Å². The Morgan fingerprint density at radius 2 is 1.57 bits per heavy atom. The minimum Gasteiger partial charge on any atom is -0.406 e. The molecule has 6 heteroatoms. The highest BCUT2D eigenvalue weighted by atomic mass is 19.4. The fraction of sp³-hybridized carbons (Fsp3) is 0.267. The third kappa shape index (κ3) is 4.19. The van der Waals surface area contributed by atoms with Crippen molar-refractivity contribution < 1.29 is 17.9 Å². The van der Waals surface area contributed by atoms with E-state index in [1.807, 2.05) is 19.1 Å². The van der Waals surface area contributed by atoms with Crippen molar-refractivity contribution in [2.45, 2.75) is 25.2 Å². The lowest BCUT2D eigenvalue weighted by Gasteiger charge is -2.21. The zero-order valence-electron chi connectivity index (χ0n) is 11.3. The van der Waals surface area contributed by atoms with E-state index >= 15 is 0 Å². The Balaban J connectivity index is 2.11. The van der Waals surface area contributed by atoms with Crippen LogP contribution in [0.1, 0.15) is 30.0 Å². The average molecular weight is 296 g/mol. The van der Waals surface area contributed by atoms with Gasteiger partial charge in [0.15, 0.2) is 0 Å². The Bertz CT molecular complexity index is 570. The van der Waals surface area contributed by atoms with Crippen LogP contribution in [0.5, 0.6) is 5.75 Å². The molecule has 0 amide bonds. The predicted molar refractivity (Wildman–Crippen MR) is 72.7 cm³/mol. The highest BCUT2D eigenvalue weighted by Crippen LogP contribution is 2.30. The third-order valence-electron chi connectivity index (χ3n) is 3.27. The summed E-state index contributed by atoms with van der Waals surface area (Å²) in [6, 6.07) is 9.03. The number of aromatic nitrogens is 1. The van der Waals surface area contributed by atoms with E-state index in [4.69, 9.17) is 5.73 Å². The molecule has 3 nitrogen and oxygen atoms in total. The maximum Gasteiger partial charge on any atom is 0.573 e. The van der Waals surface area contributed by atoms with E-state index in [9.17, 15) is 13.2 Å². The van der Waals surface area contributed by atoms with Gasteiger partial charge in [0.25, 0.3) is 0 Å². The number of nitrogens with zero attached hydrogens (tertiary/aromatic N) is 1. The minimum atomic E-state index is -4.69. The SMILES string of the molecule is CC(c1ccncc1)C(N)c1ccc(OC(F)(F)F)cc1. The summed E-state index contributed by atoms with van der Waals surface area (Å²) in [6.45, 7) is 1.96. The summed E-state index contributed by atoms with van der Waals surface area (Å²) in [5.74, 6) is -0.239. The lowest BCUT2D eigenvalue weighted by atomic mass is 9.90. The first-order valence-corrected chi connectivity index (χ1v) is 6.38. The first-order valence-electron chi connectivity index (χ1n) is 6.38. The van der Waals surface area contributed by atoms with Crippen molar-refractivity contribution in [1.29, 1.82) is 0 Å².